The summed E-state index contributed by atoms with van der Waals surface area (Å²) in [6.07, 6.45) is 5.48. The van der Waals surface area contributed by atoms with Crippen LogP contribution in [0.15, 0.2) is 0 Å². The first kappa shape index (κ1) is 13.3. The van der Waals surface area contributed by atoms with Crippen LogP contribution in [0.25, 0.3) is 0 Å². The Hall–Kier alpha value is -0.170. The van der Waals surface area contributed by atoms with E-state index in [4.69, 9.17) is 4.74 Å². The van der Waals surface area contributed by atoms with Gasteiger partial charge in [0.25, 0.3) is 0 Å². The molecule has 0 unspecified atom stereocenters. The first-order chi connectivity index (χ1) is 7.89. The zero-order valence-electron chi connectivity index (χ0n) is 10.6. The summed E-state index contributed by atoms with van der Waals surface area (Å²) in [5.41, 5.74) is -0.0170. The van der Waals surface area contributed by atoms with Crippen molar-refractivity contribution < 1.29 is 13.2 Å². The highest BCUT2D eigenvalue weighted by Gasteiger charge is 2.41. The predicted molar refractivity (Wildman–Crippen MR) is 66.4 cm³/mol. The third kappa shape index (κ3) is 3.64. The minimum Gasteiger partial charge on any atom is -0.369 e. The molecule has 0 aliphatic carbocycles. The van der Waals surface area contributed by atoms with Crippen LogP contribution in [0.2, 0.25) is 0 Å². The van der Waals surface area contributed by atoms with E-state index >= 15 is 0 Å². The molecule has 2 rings (SSSR count). The quantitative estimate of drug-likeness (QED) is 0.788. The maximum atomic E-state index is 11.1. The zero-order valence-corrected chi connectivity index (χ0v) is 11.4. The lowest BCUT2D eigenvalue weighted by molar-refractivity contribution is -0.117. The molecular weight excluding hydrogens is 240 g/mol. The fourth-order valence-electron chi connectivity index (χ4n) is 2.86. The van der Waals surface area contributed by atoms with Crippen molar-refractivity contribution in [3.63, 3.8) is 0 Å². The van der Waals surface area contributed by atoms with Crippen molar-refractivity contribution in [2.75, 3.05) is 32.9 Å². The molecule has 2 fully saturated rings. The largest absolute Gasteiger partial charge is 0.369 e. The van der Waals surface area contributed by atoms with Gasteiger partial charge in [-0.3, -0.25) is 0 Å². The summed E-state index contributed by atoms with van der Waals surface area (Å²) in [4.78, 5) is 2.28. The van der Waals surface area contributed by atoms with Gasteiger partial charge in [0.1, 0.15) is 0 Å². The number of sulfonamides is 1. The molecule has 0 bridgehead atoms. The van der Waals surface area contributed by atoms with Crippen LogP contribution in [0.5, 0.6) is 0 Å². The van der Waals surface area contributed by atoms with E-state index in [-0.39, 0.29) is 11.7 Å². The summed E-state index contributed by atoms with van der Waals surface area (Å²) >= 11 is 0. The van der Waals surface area contributed by atoms with Crippen molar-refractivity contribution >= 4 is 10.0 Å². The van der Waals surface area contributed by atoms with Crippen LogP contribution in [0.3, 0.4) is 0 Å². The molecule has 0 aromatic rings. The van der Waals surface area contributed by atoms with E-state index < -0.39 is 10.0 Å². The maximum Gasteiger partial charge on any atom is 0.208 e. The van der Waals surface area contributed by atoms with Gasteiger partial charge in [-0.05, 0) is 32.7 Å². The Morgan fingerprint density at radius 2 is 2.24 bits per heavy atom. The number of ether oxygens (including phenoxy) is 1. The van der Waals surface area contributed by atoms with Gasteiger partial charge in [-0.1, -0.05) is 0 Å². The maximum absolute atomic E-state index is 11.1. The van der Waals surface area contributed by atoms with E-state index in [2.05, 4.69) is 16.7 Å². The van der Waals surface area contributed by atoms with Crippen molar-refractivity contribution in [2.24, 2.45) is 0 Å². The van der Waals surface area contributed by atoms with Gasteiger partial charge in [-0.15, -0.1) is 0 Å². The Bertz CT molecular complexity index is 367. The van der Waals surface area contributed by atoms with Gasteiger partial charge in [0.05, 0.1) is 18.0 Å². The van der Waals surface area contributed by atoms with Gasteiger partial charge < -0.3 is 9.64 Å². The molecule has 2 aliphatic rings. The average Bonchev–Trinajstić information content (AvgIpc) is 2.56. The first-order valence-corrected chi connectivity index (χ1v) is 8.09. The highest BCUT2D eigenvalue weighted by Crippen LogP contribution is 2.35. The standard InChI is InChI=1S/C11H22N2O3S/c1-13-7-6-11(9-13)5-3-4-10(16-11)8-12-17(2,14)15/h10,12H,3-9H2,1-2H3/t10-,11-/m1/s1. The van der Waals surface area contributed by atoms with Crippen LogP contribution < -0.4 is 4.72 Å². The molecule has 2 atom stereocenters. The monoisotopic (exact) mass is 262 g/mol. The zero-order chi connectivity index (χ0) is 12.5. The Morgan fingerprint density at radius 1 is 1.47 bits per heavy atom. The van der Waals surface area contributed by atoms with Gasteiger partial charge in [-0.2, -0.15) is 0 Å². The van der Waals surface area contributed by atoms with Crippen LogP contribution in [0, 0.1) is 0 Å². The van der Waals surface area contributed by atoms with Gasteiger partial charge >= 0.3 is 0 Å². The van der Waals surface area contributed by atoms with E-state index in [1.54, 1.807) is 0 Å². The minimum atomic E-state index is -3.11. The van der Waals surface area contributed by atoms with Crippen LogP contribution >= 0.6 is 0 Å². The summed E-state index contributed by atoms with van der Waals surface area (Å²) in [7, 11) is -1.00. The first-order valence-electron chi connectivity index (χ1n) is 6.20. The second-order valence-corrected chi connectivity index (χ2v) is 7.26. The van der Waals surface area contributed by atoms with Gasteiger partial charge in [0.15, 0.2) is 0 Å². The molecule has 0 radical (unpaired) electrons. The molecule has 100 valence electrons. The third-order valence-electron chi connectivity index (χ3n) is 3.66. The van der Waals surface area contributed by atoms with E-state index in [1.807, 2.05) is 0 Å². The molecule has 6 heteroatoms. The molecule has 0 aromatic heterocycles. The van der Waals surface area contributed by atoms with E-state index in [0.29, 0.717) is 6.54 Å². The topological polar surface area (TPSA) is 58.6 Å². The van der Waals surface area contributed by atoms with Crippen molar-refractivity contribution in [2.45, 2.75) is 37.4 Å². The lowest BCUT2D eigenvalue weighted by atomic mass is 9.90. The summed E-state index contributed by atoms with van der Waals surface area (Å²) in [6.45, 7) is 2.46. The van der Waals surface area contributed by atoms with Crippen molar-refractivity contribution in [3.8, 4) is 0 Å². The van der Waals surface area contributed by atoms with E-state index in [0.717, 1.165) is 38.8 Å². The lowest BCUT2D eigenvalue weighted by Crippen LogP contribution is -2.46. The SMILES string of the molecule is CN1CC[C@]2(CCC[C@H](CNS(C)(=O)=O)O2)C1. The molecule has 2 aliphatic heterocycles. The van der Waals surface area contributed by atoms with E-state index in [9.17, 15) is 8.42 Å². The number of hydrogen-bond donors (Lipinski definition) is 1. The predicted octanol–water partition coefficient (Wildman–Crippen LogP) is 0.179. The molecule has 1 N–H and O–H groups in total. The average molecular weight is 262 g/mol. The number of likely N-dealkylation sites (N-methyl/N-ethyl adjacent to an activating group) is 1. The summed E-state index contributed by atoms with van der Waals surface area (Å²) in [6, 6.07) is 0. The fraction of sp³-hybridized carbons (Fsp3) is 1.00. The molecule has 0 saturated carbocycles. The van der Waals surface area contributed by atoms with Gasteiger partial charge in [0.2, 0.25) is 10.0 Å². The number of likely N-dealkylation sites (tertiary alicyclic amines) is 1. The Morgan fingerprint density at radius 3 is 2.82 bits per heavy atom. The van der Waals surface area contributed by atoms with Crippen molar-refractivity contribution in [3.05, 3.63) is 0 Å². The molecule has 0 aromatic carbocycles. The number of nitrogens with one attached hydrogen (secondary N) is 1. The molecule has 1 spiro atoms. The fourth-order valence-corrected chi connectivity index (χ4v) is 3.34. The van der Waals surface area contributed by atoms with Crippen LogP contribution in [-0.4, -0.2) is 58.0 Å². The Labute approximate surface area is 104 Å². The Kier molecular flexibility index (Phi) is 3.77. The van der Waals surface area contributed by atoms with Crippen LogP contribution in [-0.2, 0) is 14.8 Å². The number of nitrogens with zero attached hydrogens (tertiary/aromatic N) is 1. The summed E-state index contributed by atoms with van der Waals surface area (Å²) in [5, 5.41) is 0. The molecule has 0 amide bonds. The second-order valence-electron chi connectivity index (χ2n) is 5.42. The van der Waals surface area contributed by atoms with Gasteiger partial charge in [0, 0.05) is 19.6 Å². The molecular formula is C11H22N2O3S. The molecule has 17 heavy (non-hydrogen) atoms. The highest BCUT2D eigenvalue weighted by molar-refractivity contribution is 7.88. The van der Waals surface area contributed by atoms with Gasteiger partial charge in [-0.25, -0.2) is 13.1 Å². The smallest absolute Gasteiger partial charge is 0.208 e. The molecule has 5 nitrogen and oxygen atoms in total. The summed E-state index contributed by atoms with van der Waals surface area (Å²) in [5.74, 6) is 0. The molecule has 2 saturated heterocycles. The molecule has 2 heterocycles. The number of hydrogen-bond acceptors (Lipinski definition) is 4. The summed E-state index contributed by atoms with van der Waals surface area (Å²) < 4.78 is 30.8. The third-order valence-corrected chi connectivity index (χ3v) is 4.35. The normalized spacial score (nSPS) is 35.5. The lowest BCUT2D eigenvalue weighted by Gasteiger charge is -2.38. The second kappa shape index (κ2) is 4.84. The van der Waals surface area contributed by atoms with Crippen molar-refractivity contribution in [1.82, 2.24) is 9.62 Å². The Balaban J connectivity index is 1.89. The highest BCUT2D eigenvalue weighted by atomic mass is 32.2. The van der Waals surface area contributed by atoms with Crippen LogP contribution in [0.1, 0.15) is 25.7 Å². The minimum absolute atomic E-state index is 0.0170. The van der Waals surface area contributed by atoms with E-state index in [1.165, 1.54) is 6.26 Å². The van der Waals surface area contributed by atoms with Crippen molar-refractivity contribution in [1.29, 1.82) is 0 Å². The van der Waals surface area contributed by atoms with Crippen LogP contribution in [0.4, 0.5) is 0 Å². The number of rotatable bonds is 3.